The van der Waals surface area contributed by atoms with Gasteiger partial charge in [-0.05, 0) is 5.41 Å². The SMILES string of the molecule is CC(C)(C)[C@H](N)C(=O)N1CCOC(C#N)C1. The Bertz CT molecular complexity index is 303. The van der Waals surface area contributed by atoms with Crippen molar-refractivity contribution in [2.24, 2.45) is 11.1 Å². The van der Waals surface area contributed by atoms with Crippen LogP contribution in [0.2, 0.25) is 0 Å². The fourth-order valence-electron chi connectivity index (χ4n) is 1.49. The van der Waals surface area contributed by atoms with E-state index >= 15 is 0 Å². The topological polar surface area (TPSA) is 79.3 Å². The number of carbonyl (C=O) groups excluding carboxylic acids is 1. The molecule has 1 aliphatic rings. The van der Waals surface area contributed by atoms with Crippen LogP contribution in [0.1, 0.15) is 20.8 Å². The minimum atomic E-state index is -0.537. The van der Waals surface area contributed by atoms with Crippen molar-refractivity contribution in [2.45, 2.75) is 32.9 Å². The van der Waals surface area contributed by atoms with Gasteiger partial charge in [-0.1, -0.05) is 20.8 Å². The van der Waals surface area contributed by atoms with Gasteiger partial charge in [0.05, 0.1) is 25.3 Å². The number of hydrogen-bond donors (Lipinski definition) is 1. The van der Waals surface area contributed by atoms with Gasteiger partial charge in [0.1, 0.15) is 0 Å². The predicted molar refractivity (Wildman–Crippen MR) is 59.4 cm³/mol. The summed E-state index contributed by atoms with van der Waals surface area (Å²) in [6, 6.07) is 1.47. The molecule has 2 atom stereocenters. The zero-order valence-corrected chi connectivity index (χ0v) is 10.1. The van der Waals surface area contributed by atoms with E-state index in [-0.39, 0.29) is 11.3 Å². The Balaban J connectivity index is 2.64. The Morgan fingerprint density at radius 2 is 2.25 bits per heavy atom. The van der Waals surface area contributed by atoms with Gasteiger partial charge < -0.3 is 15.4 Å². The Labute approximate surface area is 96.2 Å². The van der Waals surface area contributed by atoms with Crippen LogP contribution in [0.4, 0.5) is 0 Å². The Hall–Kier alpha value is -1.12. The highest BCUT2D eigenvalue weighted by molar-refractivity contribution is 5.82. The molecule has 0 spiro atoms. The number of morpholine rings is 1. The van der Waals surface area contributed by atoms with Crippen LogP contribution in [0.3, 0.4) is 0 Å². The quantitative estimate of drug-likeness (QED) is 0.687. The van der Waals surface area contributed by atoms with Gasteiger partial charge in [0, 0.05) is 6.54 Å². The summed E-state index contributed by atoms with van der Waals surface area (Å²) in [5.74, 6) is -0.101. The maximum atomic E-state index is 12.0. The van der Waals surface area contributed by atoms with Crippen LogP contribution in [0.5, 0.6) is 0 Å². The van der Waals surface area contributed by atoms with Crippen molar-refractivity contribution in [1.29, 1.82) is 5.26 Å². The zero-order chi connectivity index (χ0) is 12.3. The molecular formula is C11H19N3O2. The summed E-state index contributed by atoms with van der Waals surface area (Å²) >= 11 is 0. The standard InChI is InChI=1S/C11H19N3O2/c1-11(2,3)9(13)10(15)14-4-5-16-8(6-12)7-14/h8-9H,4-5,7,13H2,1-3H3/t8?,9-/m1/s1. The summed E-state index contributed by atoms with van der Waals surface area (Å²) in [4.78, 5) is 13.7. The molecule has 0 aromatic heterocycles. The second-order valence-electron chi connectivity index (χ2n) is 5.12. The minimum absolute atomic E-state index is 0.101. The van der Waals surface area contributed by atoms with Gasteiger partial charge in [-0.15, -0.1) is 0 Å². The average Bonchev–Trinajstić information content (AvgIpc) is 2.26. The van der Waals surface area contributed by atoms with E-state index in [1.165, 1.54) is 0 Å². The third-order valence-corrected chi connectivity index (χ3v) is 2.72. The molecule has 0 aliphatic carbocycles. The summed E-state index contributed by atoms with van der Waals surface area (Å²) in [6.07, 6.45) is -0.523. The van der Waals surface area contributed by atoms with Crippen molar-refractivity contribution in [3.8, 4) is 6.07 Å². The molecule has 1 heterocycles. The third kappa shape index (κ3) is 2.94. The van der Waals surface area contributed by atoms with E-state index in [0.29, 0.717) is 19.7 Å². The van der Waals surface area contributed by atoms with E-state index in [1.807, 2.05) is 26.8 Å². The maximum Gasteiger partial charge on any atom is 0.240 e. The summed E-state index contributed by atoms with van der Waals surface area (Å²) in [5.41, 5.74) is 5.63. The summed E-state index contributed by atoms with van der Waals surface area (Å²) < 4.78 is 5.18. The van der Waals surface area contributed by atoms with Crippen molar-refractivity contribution in [3.05, 3.63) is 0 Å². The Morgan fingerprint density at radius 1 is 1.62 bits per heavy atom. The van der Waals surface area contributed by atoms with Crippen molar-refractivity contribution in [1.82, 2.24) is 4.90 Å². The van der Waals surface area contributed by atoms with Crippen LogP contribution in [-0.2, 0) is 9.53 Å². The van der Waals surface area contributed by atoms with Crippen molar-refractivity contribution < 1.29 is 9.53 Å². The van der Waals surface area contributed by atoms with Crippen LogP contribution in [-0.4, -0.2) is 42.6 Å². The monoisotopic (exact) mass is 225 g/mol. The smallest absolute Gasteiger partial charge is 0.240 e. The molecule has 0 saturated carbocycles. The molecule has 1 saturated heterocycles. The molecule has 0 bridgehead atoms. The highest BCUT2D eigenvalue weighted by Crippen LogP contribution is 2.20. The van der Waals surface area contributed by atoms with Crippen LogP contribution < -0.4 is 5.73 Å². The number of ether oxygens (including phenoxy) is 1. The number of nitrogens with zero attached hydrogens (tertiary/aromatic N) is 2. The number of rotatable bonds is 1. The zero-order valence-electron chi connectivity index (χ0n) is 10.1. The largest absolute Gasteiger partial charge is 0.360 e. The van der Waals surface area contributed by atoms with Crippen LogP contribution in [0, 0.1) is 16.7 Å². The number of nitriles is 1. The molecule has 1 unspecified atom stereocenters. The van der Waals surface area contributed by atoms with Gasteiger partial charge in [0.15, 0.2) is 6.10 Å². The molecule has 5 heteroatoms. The summed E-state index contributed by atoms with van der Waals surface area (Å²) in [5, 5.41) is 8.74. The van der Waals surface area contributed by atoms with E-state index in [2.05, 4.69) is 0 Å². The Kier molecular flexibility index (Phi) is 3.89. The first-order chi connectivity index (χ1) is 7.36. The van der Waals surface area contributed by atoms with Crippen LogP contribution in [0.15, 0.2) is 0 Å². The third-order valence-electron chi connectivity index (χ3n) is 2.72. The molecule has 90 valence electrons. The number of nitrogens with two attached hydrogens (primary N) is 1. The summed E-state index contributed by atoms with van der Waals surface area (Å²) in [7, 11) is 0. The molecular weight excluding hydrogens is 206 g/mol. The lowest BCUT2D eigenvalue weighted by atomic mass is 9.86. The normalized spacial score (nSPS) is 23.7. The number of amides is 1. The lowest BCUT2D eigenvalue weighted by Gasteiger charge is -2.35. The highest BCUT2D eigenvalue weighted by Gasteiger charge is 2.33. The number of carbonyl (C=O) groups is 1. The Morgan fingerprint density at radius 3 is 2.75 bits per heavy atom. The molecule has 5 nitrogen and oxygen atoms in total. The maximum absolute atomic E-state index is 12.0. The molecule has 1 fully saturated rings. The van der Waals surface area contributed by atoms with Gasteiger partial charge in [-0.25, -0.2) is 0 Å². The van der Waals surface area contributed by atoms with Crippen LogP contribution in [0.25, 0.3) is 0 Å². The molecule has 0 aromatic carbocycles. The van der Waals surface area contributed by atoms with E-state index < -0.39 is 12.1 Å². The summed E-state index contributed by atoms with van der Waals surface area (Å²) in [6.45, 7) is 7.02. The fourth-order valence-corrected chi connectivity index (χ4v) is 1.49. The van der Waals surface area contributed by atoms with Crippen LogP contribution >= 0.6 is 0 Å². The van der Waals surface area contributed by atoms with E-state index in [9.17, 15) is 4.79 Å². The second kappa shape index (κ2) is 4.81. The number of hydrogen-bond acceptors (Lipinski definition) is 4. The van der Waals surface area contributed by atoms with Crippen molar-refractivity contribution in [2.75, 3.05) is 19.7 Å². The molecule has 1 aliphatic heterocycles. The molecule has 16 heavy (non-hydrogen) atoms. The molecule has 2 N–H and O–H groups in total. The molecule has 1 amide bonds. The molecule has 1 rings (SSSR count). The van der Waals surface area contributed by atoms with Gasteiger partial charge in [-0.2, -0.15) is 5.26 Å². The minimum Gasteiger partial charge on any atom is -0.360 e. The van der Waals surface area contributed by atoms with E-state index in [4.69, 9.17) is 15.7 Å². The first-order valence-electron chi connectivity index (χ1n) is 5.42. The van der Waals surface area contributed by atoms with Gasteiger partial charge in [0.25, 0.3) is 0 Å². The first kappa shape index (κ1) is 12.9. The van der Waals surface area contributed by atoms with Gasteiger partial charge in [-0.3, -0.25) is 4.79 Å². The van der Waals surface area contributed by atoms with E-state index in [0.717, 1.165) is 0 Å². The molecule has 0 aromatic rings. The average molecular weight is 225 g/mol. The molecule has 0 radical (unpaired) electrons. The van der Waals surface area contributed by atoms with Crippen molar-refractivity contribution in [3.63, 3.8) is 0 Å². The second-order valence-corrected chi connectivity index (χ2v) is 5.12. The van der Waals surface area contributed by atoms with Crippen molar-refractivity contribution >= 4 is 5.91 Å². The van der Waals surface area contributed by atoms with E-state index in [1.54, 1.807) is 4.90 Å². The lowest BCUT2D eigenvalue weighted by molar-refractivity contribution is -0.140. The van der Waals surface area contributed by atoms with Gasteiger partial charge in [0.2, 0.25) is 5.91 Å². The lowest BCUT2D eigenvalue weighted by Crippen LogP contribution is -2.54. The first-order valence-corrected chi connectivity index (χ1v) is 5.42. The van der Waals surface area contributed by atoms with Gasteiger partial charge >= 0.3 is 0 Å². The predicted octanol–water partition coefficient (Wildman–Crippen LogP) is 0.111. The highest BCUT2D eigenvalue weighted by atomic mass is 16.5. The fraction of sp³-hybridized carbons (Fsp3) is 0.818.